The topological polar surface area (TPSA) is 47.4 Å². The molecule has 5 nitrogen and oxygen atoms in total. The number of methoxy groups -OCH3 is 1. The van der Waals surface area contributed by atoms with Gasteiger partial charge in [0.15, 0.2) is 0 Å². The molecule has 0 N–H and O–H groups in total. The molecule has 0 aromatic carbocycles. The third-order valence-electron chi connectivity index (χ3n) is 3.49. The van der Waals surface area contributed by atoms with E-state index in [0.717, 1.165) is 31.5 Å². The van der Waals surface area contributed by atoms with Crippen molar-refractivity contribution in [2.75, 3.05) is 20.2 Å². The summed E-state index contributed by atoms with van der Waals surface area (Å²) in [5.74, 6) is -0.196. The fourth-order valence-electron chi connectivity index (χ4n) is 2.33. The van der Waals surface area contributed by atoms with Crippen LogP contribution in [0.5, 0.6) is 0 Å². The molecule has 20 heavy (non-hydrogen) atoms. The van der Waals surface area contributed by atoms with Crippen molar-refractivity contribution in [3.05, 3.63) is 18.0 Å². The first-order valence-corrected chi connectivity index (χ1v) is 7.47. The monoisotopic (exact) mass is 281 g/mol. The van der Waals surface area contributed by atoms with Crippen molar-refractivity contribution in [2.24, 2.45) is 0 Å². The highest BCUT2D eigenvalue weighted by Gasteiger charge is 2.13. The zero-order chi connectivity index (χ0) is 15.0. The minimum atomic E-state index is -0.196. The second kappa shape index (κ2) is 8.74. The summed E-state index contributed by atoms with van der Waals surface area (Å²) in [7, 11) is 1.42. The number of carbonyl (C=O) groups is 1. The van der Waals surface area contributed by atoms with Crippen LogP contribution in [0.25, 0.3) is 0 Å². The van der Waals surface area contributed by atoms with Gasteiger partial charge in [-0.25, -0.2) is 0 Å². The van der Waals surface area contributed by atoms with Gasteiger partial charge in [0.2, 0.25) is 0 Å². The molecule has 1 aromatic rings. The quantitative estimate of drug-likeness (QED) is 0.653. The Morgan fingerprint density at radius 2 is 2.10 bits per heavy atom. The minimum absolute atomic E-state index is 0.196. The number of rotatable bonds is 9. The molecule has 0 aliphatic rings. The number of nitrogens with zero attached hydrogens (tertiary/aromatic N) is 3. The first-order chi connectivity index (χ1) is 9.64. The van der Waals surface area contributed by atoms with Gasteiger partial charge in [0, 0.05) is 12.7 Å². The number of aromatic nitrogens is 2. The van der Waals surface area contributed by atoms with Crippen LogP contribution in [0.4, 0.5) is 0 Å². The third kappa shape index (κ3) is 4.96. The Kier molecular flexibility index (Phi) is 7.30. The summed E-state index contributed by atoms with van der Waals surface area (Å²) in [6, 6.07) is 2.50. The van der Waals surface area contributed by atoms with E-state index >= 15 is 0 Å². The van der Waals surface area contributed by atoms with Crippen LogP contribution in [0.1, 0.15) is 51.8 Å². The van der Waals surface area contributed by atoms with Crippen molar-refractivity contribution in [1.82, 2.24) is 14.7 Å². The summed E-state index contributed by atoms with van der Waals surface area (Å²) in [4.78, 5) is 13.5. The highest BCUT2D eigenvalue weighted by molar-refractivity contribution is 5.71. The number of hydrogen-bond donors (Lipinski definition) is 0. The Hall–Kier alpha value is -1.36. The Morgan fingerprint density at radius 3 is 2.65 bits per heavy atom. The van der Waals surface area contributed by atoms with Crippen LogP contribution in [0.3, 0.4) is 0 Å². The van der Waals surface area contributed by atoms with Crippen LogP contribution in [0, 0.1) is 0 Å². The van der Waals surface area contributed by atoms with Crippen molar-refractivity contribution < 1.29 is 9.53 Å². The summed E-state index contributed by atoms with van der Waals surface area (Å²) in [6.07, 6.45) is 5.20. The molecule has 5 heteroatoms. The normalized spacial score (nSPS) is 11.3. The standard InChI is InChI=1S/C15H27N3O2/c1-5-9-17(12-15(19)20-4)11-13-8-10-18(16-13)14(6-2)7-3/h8,10,14H,5-7,9,11-12H2,1-4H3. The first kappa shape index (κ1) is 16.7. The summed E-state index contributed by atoms with van der Waals surface area (Å²) in [5.41, 5.74) is 1.01. The van der Waals surface area contributed by atoms with Crippen molar-refractivity contribution in [2.45, 2.75) is 52.6 Å². The number of esters is 1. The van der Waals surface area contributed by atoms with Gasteiger partial charge in [-0.05, 0) is 31.9 Å². The van der Waals surface area contributed by atoms with E-state index in [-0.39, 0.29) is 5.97 Å². The Bertz CT molecular complexity index is 400. The van der Waals surface area contributed by atoms with Gasteiger partial charge in [0.1, 0.15) is 0 Å². The second-order valence-corrected chi connectivity index (χ2v) is 5.04. The van der Waals surface area contributed by atoms with Crippen LogP contribution >= 0.6 is 0 Å². The summed E-state index contributed by atoms with van der Waals surface area (Å²) in [5, 5.41) is 4.63. The minimum Gasteiger partial charge on any atom is -0.468 e. The molecule has 114 valence electrons. The SMILES string of the molecule is CCCN(CC(=O)OC)Cc1ccn(C(CC)CC)n1. The number of ether oxygens (including phenoxy) is 1. The first-order valence-electron chi connectivity index (χ1n) is 7.47. The van der Waals surface area contributed by atoms with E-state index in [9.17, 15) is 4.79 Å². The largest absolute Gasteiger partial charge is 0.468 e. The number of hydrogen-bond acceptors (Lipinski definition) is 4. The van der Waals surface area contributed by atoms with Gasteiger partial charge in [-0.15, -0.1) is 0 Å². The Morgan fingerprint density at radius 1 is 1.40 bits per heavy atom. The summed E-state index contributed by atoms with van der Waals surface area (Å²) < 4.78 is 6.78. The van der Waals surface area contributed by atoms with E-state index in [1.165, 1.54) is 7.11 Å². The van der Waals surface area contributed by atoms with E-state index in [1.807, 2.05) is 16.9 Å². The number of carbonyl (C=O) groups excluding carboxylic acids is 1. The molecule has 0 aliphatic heterocycles. The van der Waals surface area contributed by atoms with Crippen LogP contribution in [0.15, 0.2) is 12.3 Å². The van der Waals surface area contributed by atoms with E-state index in [1.54, 1.807) is 0 Å². The Balaban J connectivity index is 2.66. The van der Waals surface area contributed by atoms with Gasteiger partial charge < -0.3 is 4.74 Å². The molecular formula is C15H27N3O2. The predicted molar refractivity (Wildman–Crippen MR) is 79.4 cm³/mol. The lowest BCUT2D eigenvalue weighted by molar-refractivity contribution is -0.142. The molecule has 1 rings (SSSR count). The fraction of sp³-hybridized carbons (Fsp3) is 0.733. The zero-order valence-electron chi connectivity index (χ0n) is 13.1. The van der Waals surface area contributed by atoms with Crippen molar-refractivity contribution >= 4 is 5.97 Å². The van der Waals surface area contributed by atoms with Gasteiger partial charge in [-0.1, -0.05) is 20.8 Å². The average Bonchev–Trinajstić information content (AvgIpc) is 2.88. The molecule has 0 aliphatic carbocycles. The average molecular weight is 281 g/mol. The second-order valence-electron chi connectivity index (χ2n) is 5.04. The van der Waals surface area contributed by atoms with Crippen LogP contribution in [0.2, 0.25) is 0 Å². The molecule has 0 fully saturated rings. The van der Waals surface area contributed by atoms with Crippen LogP contribution < -0.4 is 0 Å². The van der Waals surface area contributed by atoms with E-state index in [2.05, 4.69) is 30.8 Å². The molecular weight excluding hydrogens is 254 g/mol. The van der Waals surface area contributed by atoms with Gasteiger partial charge in [-0.2, -0.15) is 5.10 Å². The third-order valence-corrected chi connectivity index (χ3v) is 3.49. The smallest absolute Gasteiger partial charge is 0.319 e. The van der Waals surface area contributed by atoms with Crippen molar-refractivity contribution in [3.8, 4) is 0 Å². The van der Waals surface area contributed by atoms with Gasteiger partial charge >= 0.3 is 5.97 Å². The van der Waals surface area contributed by atoms with Gasteiger partial charge in [-0.3, -0.25) is 14.4 Å². The maximum Gasteiger partial charge on any atom is 0.319 e. The summed E-state index contributed by atoms with van der Waals surface area (Å²) in [6.45, 7) is 8.34. The molecule has 1 heterocycles. The lowest BCUT2D eigenvalue weighted by atomic mass is 10.2. The van der Waals surface area contributed by atoms with E-state index < -0.39 is 0 Å². The zero-order valence-corrected chi connectivity index (χ0v) is 13.1. The molecule has 1 aromatic heterocycles. The summed E-state index contributed by atoms with van der Waals surface area (Å²) >= 11 is 0. The molecule has 0 unspecified atom stereocenters. The fourth-order valence-corrected chi connectivity index (χ4v) is 2.33. The highest BCUT2D eigenvalue weighted by atomic mass is 16.5. The van der Waals surface area contributed by atoms with Crippen LogP contribution in [-0.4, -0.2) is 40.8 Å². The lowest BCUT2D eigenvalue weighted by Gasteiger charge is -2.19. The molecule has 0 atom stereocenters. The van der Waals surface area contributed by atoms with Crippen LogP contribution in [-0.2, 0) is 16.1 Å². The van der Waals surface area contributed by atoms with Crippen molar-refractivity contribution in [1.29, 1.82) is 0 Å². The van der Waals surface area contributed by atoms with Gasteiger partial charge in [0.05, 0.1) is 25.4 Å². The predicted octanol–water partition coefficient (Wildman–Crippen LogP) is 2.63. The molecule has 0 spiro atoms. The highest BCUT2D eigenvalue weighted by Crippen LogP contribution is 2.15. The molecule has 0 bridgehead atoms. The Labute approximate surface area is 121 Å². The molecule has 0 saturated heterocycles. The maximum atomic E-state index is 11.4. The molecule has 0 saturated carbocycles. The van der Waals surface area contributed by atoms with Crippen molar-refractivity contribution in [3.63, 3.8) is 0 Å². The lowest BCUT2D eigenvalue weighted by Crippen LogP contribution is -2.31. The van der Waals surface area contributed by atoms with E-state index in [4.69, 9.17) is 4.74 Å². The molecule has 0 amide bonds. The maximum absolute atomic E-state index is 11.4. The van der Waals surface area contributed by atoms with Gasteiger partial charge in [0.25, 0.3) is 0 Å². The molecule has 0 radical (unpaired) electrons. The van der Waals surface area contributed by atoms with E-state index in [0.29, 0.717) is 19.1 Å².